The number of aliphatic carboxylic acids is 1. The molecule has 1 heterocycles. The van der Waals surface area contributed by atoms with Gasteiger partial charge in [-0.1, -0.05) is 0 Å². The van der Waals surface area contributed by atoms with E-state index in [2.05, 4.69) is 0 Å². The summed E-state index contributed by atoms with van der Waals surface area (Å²) in [5.74, 6) is -1.33. The predicted octanol–water partition coefficient (Wildman–Crippen LogP) is 0.221. The van der Waals surface area contributed by atoms with E-state index in [1.807, 2.05) is 13.8 Å². The number of aliphatic hydroxyl groups excluding tert-OH is 1. The van der Waals surface area contributed by atoms with Crippen LogP contribution in [0.3, 0.4) is 0 Å². The molecule has 0 aromatic carbocycles. The van der Waals surface area contributed by atoms with Crippen LogP contribution < -0.4 is 0 Å². The summed E-state index contributed by atoms with van der Waals surface area (Å²) in [5, 5.41) is 16.0. The second-order valence-electron chi connectivity index (χ2n) is 3.15. The third-order valence-electron chi connectivity index (χ3n) is 1.27. The summed E-state index contributed by atoms with van der Waals surface area (Å²) in [4.78, 5) is 9.00. The molecule has 1 rings (SSSR count). The monoisotopic (exact) mass is 192 g/mol. The molecule has 0 aromatic rings. The van der Waals surface area contributed by atoms with E-state index in [0.717, 1.165) is 6.92 Å². The fourth-order valence-corrected chi connectivity index (χ4v) is 0.853. The molecule has 78 valence electrons. The van der Waals surface area contributed by atoms with Crippen LogP contribution in [0.2, 0.25) is 0 Å². The average Bonchev–Trinajstić information content (AvgIpc) is 2.28. The first kappa shape index (κ1) is 12.3. The standard InChI is InChI=1S/C6H12O3.C2H4O2/c1-6(2)8-4-5(3-7)9-6;1-2(3)4/h5,7H,3-4H2,1-2H3;1H3,(H,3,4)/t5-;/m1./s1. The lowest BCUT2D eigenvalue weighted by molar-refractivity contribution is -0.142. The molecule has 1 aliphatic rings. The maximum Gasteiger partial charge on any atom is 0.300 e. The Morgan fingerprint density at radius 2 is 2.08 bits per heavy atom. The van der Waals surface area contributed by atoms with E-state index >= 15 is 0 Å². The smallest absolute Gasteiger partial charge is 0.300 e. The molecule has 2 N–H and O–H groups in total. The number of aliphatic hydroxyl groups is 1. The fraction of sp³-hybridized carbons (Fsp3) is 0.875. The summed E-state index contributed by atoms with van der Waals surface area (Å²) < 4.78 is 10.4. The van der Waals surface area contributed by atoms with Gasteiger partial charge in [0.15, 0.2) is 5.79 Å². The molecule has 1 fully saturated rings. The summed E-state index contributed by atoms with van der Waals surface area (Å²) in [6.45, 7) is 5.30. The van der Waals surface area contributed by atoms with Gasteiger partial charge in [-0.05, 0) is 13.8 Å². The van der Waals surface area contributed by atoms with E-state index in [0.29, 0.717) is 6.61 Å². The minimum atomic E-state index is -0.833. The summed E-state index contributed by atoms with van der Waals surface area (Å²) in [7, 11) is 0. The van der Waals surface area contributed by atoms with Crippen LogP contribution in [0.25, 0.3) is 0 Å². The number of hydrogen-bond donors (Lipinski definition) is 2. The Balaban J connectivity index is 0.000000310. The lowest BCUT2D eigenvalue weighted by Gasteiger charge is -2.15. The molecule has 1 atom stereocenters. The molecule has 5 heteroatoms. The third-order valence-corrected chi connectivity index (χ3v) is 1.27. The Morgan fingerprint density at radius 3 is 2.23 bits per heavy atom. The van der Waals surface area contributed by atoms with Crippen LogP contribution in [0.1, 0.15) is 20.8 Å². The van der Waals surface area contributed by atoms with Crippen molar-refractivity contribution >= 4 is 5.97 Å². The summed E-state index contributed by atoms with van der Waals surface area (Å²) in [6.07, 6.45) is -0.125. The molecule has 0 amide bonds. The molecule has 13 heavy (non-hydrogen) atoms. The van der Waals surface area contributed by atoms with Crippen molar-refractivity contribution in [3.8, 4) is 0 Å². The van der Waals surface area contributed by atoms with E-state index < -0.39 is 11.8 Å². The third kappa shape index (κ3) is 6.51. The highest BCUT2D eigenvalue weighted by Gasteiger charge is 2.31. The molecule has 0 bridgehead atoms. The molecule has 0 unspecified atom stereocenters. The summed E-state index contributed by atoms with van der Waals surface area (Å²) in [5.41, 5.74) is 0. The van der Waals surface area contributed by atoms with Gasteiger partial charge in [-0.15, -0.1) is 0 Å². The normalized spacial score (nSPS) is 24.8. The van der Waals surface area contributed by atoms with Gasteiger partial charge in [-0.3, -0.25) is 4.79 Å². The van der Waals surface area contributed by atoms with E-state index in [4.69, 9.17) is 24.5 Å². The molecule has 0 radical (unpaired) electrons. The van der Waals surface area contributed by atoms with E-state index in [-0.39, 0.29) is 12.7 Å². The number of carboxylic acid groups (broad SMARTS) is 1. The Morgan fingerprint density at radius 1 is 1.62 bits per heavy atom. The second kappa shape index (κ2) is 5.16. The molecule has 0 aromatic heterocycles. The van der Waals surface area contributed by atoms with Gasteiger partial charge in [-0.2, -0.15) is 0 Å². The van der Waals surface area contributed by atoms with Gasteiger partial charge in [0, 0.05) is 6.92 Å². The van der Waals surface area contributed by atoms with Crippen molar-refractivity contribution < 1.29 is 24.5 Å². The zero-order chi connectivity index (χ0) is 10.5. The lowest BCUT2D eigenvalue weighted by Crippen LogP contribution is -2.22. The topological polar surface area (TPSA) is 76.0 Å². The highest BCUT2D eigenvalue weighted by Crippen LogP contribution is 2.21. The second-order valence-corrected chi connectivity index (χ2v) is 3.15. The number of carboxylic acids is 1. The maximum atomic E-state index is 9.00. The van der Waals surface area contributed by atoms with Crippen LogP contribution in [0, 0.1) is 0 Å². The Kier molecular flexibility index (Phi) is 4.90. The van der Waals surface area contributed by atoms with Crippen molar-refractivity contribution in [3.05, 3.63) is 0 Å². The molecule has 1 saturated heterocycles. The van der Waals surface area contributed by atoms with Gasteiger partial charge in [0.05, 0.1) is 13.2 Å². The van der Waals surface area contributed by atoms with Crippen molar-refractivity contribution in [2.45, 2.75) is 32.7 Å². The first-order chi connectivity index (χ1) is 5.87. The molecule has 0 aliphatic carbocycles. The molecular formula is C8H16O5. The van der Waals surface area contributed by atoms with Gasteiger partial charge in [0.25, 0.3) is 5.97 Å². The molecule has 0 saturated carbocycles. The predicted molar refractivity (Wildman–Crippen MR) is 45.3 cm³/mol. The minimum Gasteiger partial charge on any atom is -0.481 e. The van der Waals surface area contributed by atoms with Gasteiger partial charge in [-0.25, -0.2) is 0 Å². The van der Waals surface area contributed by atoms with Crippen molar-refractivity contribution in [1.29, 1.82) is 0 Å². The number of rotatable bonds is 1. The number of ether oxygens (including phenoxy) is 2. The zero-order valence-corrected chi connectivity index (χ0v) is 8.11. The van der Waals surface area contributed by atoms with E-state index in [1.165, 1.54) is 0 Å². The SMILES string of the molecule is CC(=O)O.CC1(C)OC[C@@H](CO)O1. The van der Waals surface area contributed by atoms with Gasteiger partial charge in [0.1, 0.15) is 6.10 Å². The molecule has 1 aliphatic heterocycles. The largest absolute Gasteiger partial charge is 0.481 e. The van der Waals surface area contributed by atoms with Crippen molar-refractivity contribution in [2.75, 3.05) is 13.2 Å². The Labute approximate surface area is 77.3 Å². The molecular weight excluding hydrogens is 176 g/mol. The van der Waals surface area contributed by atoms with Gasteiger partial charge < -0.3 is 19.7 Å². The average molecular weight is 192 g/mol. The Bertz CT molecular complexity index is 162. The first-order valence-electron chi connectivity index (χ1n) is 3.99. The van der Waals surface area contributed by atoms with Crippen LogP contribution >= 0.6 is 0 Å². The molecule has 5 nitrogen and oxygen atoms in total. The summed E-state index contributed by atoms with van der Waals surface area (Å²) in [6, 6.07) is 0. The number of hydrogen-bond acceptors (Lipinski definition) is 4. The first-order valence-corrected chi connectivity index (χ1v) is 3.99. The van der Waals surface area contributed by atoms with Crippen LogP contribution in [-0.4, -0.2) is 41.3 Å². The van der Waals surface area contributed by atoms with Crippen molar-refractivity contribution in [1.82, 2.24) is 0 Å². The van der Waals surface area contributed by atoms with E-state index in [9.17, 15) is 0 Å². The molecule has 0 spiro atoms. The fourth-order valence-electron chi connectivity index (χ4n) is 0.853. The van der Waals surface area contributed by atoms with Crippen LogP contribution in [-0.2, 0) is 14.3 Å². The van der Waals surface area contributed by atoms with Crippen LogP contribution in [0.5, 0.6) is 0 Å². The van der Waals surface area contributed by atoms with Gasteiger partial charge in [0.2, 0.25) is 0 Å². The van der Waals surface area contributed by atoms with Crippen molar-refractivity contribution in [2.24, 2.45) is 0 Å². The highest BCUT2D eigenvalue weighted by molar-refractivity contribution is 5.62. The highest BCUT2D eigenvalue weighted by atomic mass is 16.7. The Hall–Kier alpha value is -0.650. The van der Waals surface area contributed by atoms with Crippen LogP contribution in [0.4, 0.5) is 0 Å². The minimum absolute atomic E-state index is 0.0451. The van der Waals surface area contributed by atoms with E-state index in [1.54, 1.807) is 0 Å². The van der Waals surface area contributed by atoms with Crippen molar-refractivity contribution in [3.63, 3.8) is 0 Å². The van der Waals surface area contributed by atoms with Crippen LogP contribution in [0.15, 0.2) is 0 Å². The quantitative estimate of drug-likeness (QED) is 0.621. The number of carbonyl (C=O) groups is 1. The summed E-state index contributed by atoms with van der Waals surface area (Å²) >= 11 is 0. The maximum absolute atomic E-state index is 9.00. The lowest BCUT2D eigenvalue weighted by atomic mass is 10.4. The van der Waals surface area contributed by atoms with Gasteiger partial charge >= 0.3 is 0 Å². The zero-order valence-electron chi connectivity index (χ0n) is 8.11.